The molecule has 0 bridgehead atoms. The summed E-state index contributed by atoms with van der Waals surface area (Å²) in [7, 11) is -0.895. The number of fused-ring (bicyclic) bond motifs is 1. The number of hydrogen-bond donors (Lipinski definition) is 4. The highest BCUT2D eigenvalue weighted by molar-refractivity contribution is 7.36. The molecule has 1 unspecified atom stereocenters. The molecule has 1 saturated heterocycles. The van der Waals surface area contributed by atoms with E-state index in [1.54, 1.807) is 20.9 Å². The molecule has 1 fully saturated rings. The fourth-order valence-corrected chi connectivity index (χ4v) is 4.13. The second-order valence-electron chi connectivity index (χ2n) is 8.02. The van der Waals surface area contributed by atoms with Gasteiger partial charge in [0.15, 0.2) is 28.9 Å². The molecule has 1 aliphatic heterocycles. The van der Waals surface area contributed by atoms with E-state index < -0.39 is 50.9 Å². The van der Waals surface area contributed by atoms with E-state index in [-0.39, 0.29) is 17.7 Å². The number of rotatable bonds is 9. The summed E-state index contributed by atoms with van der Waals surface area (Å²) in [5, 5.41) is 15.8. The smallest absolute Gasteiger partial charge is 0.462 e. The lowest BCUT2D eigenvalue weighted by Crippen LogP contribution is -2.40. The van der Waals surface area contributed by atoms with Crippen molar-refractivity contribution in [2.75, 3.05) is 24.7 Å². The maximum absolute atomic E-state index is 15.5. The van der Waals surface area contributed by atoms with Gasteiger partial charge in [-0.05, 0) is 32.3 Å². The number of anilines is 2. The van der Waals surface area contributed by atoms with E-state index in [4.69, 9.17) is 19.7 Å². The highest BCUT2D eigenvalue weighted by atomic mass is 31.1. The van der Waals surface area contributed by atoms with E-state index in [2.05, 4.69) is 25.4 Å². The van der Waals surface area contributed by atoms with Crippen molar-refractivity contribution in [2.24, 2.45) is 0 Å². The Morgan fingerprint density at radius 3 is 2.79 bits per heavy atom. The van der Waals surface area contributed by atoms with Crippen molar-refractivity contribution >= 4 is 37.1 Å². The molecule has 182 valence electrons. The zero-order chi connectivity index (χ0) is 24.5. The number of aromatic nitrogens is 4. The van der Waals surface area contributed by atoms with Gasteiger partial charge in [0.1, 0.15) is 24.9 Å². The highest BCUT2D eigenvalue weighted by Crippen LogP contribution is 2.43. The number of carbonyl (C=O) groups is 1. The number of aliphatic hydroxyl groups is 1. The van der Waals surface area contributed by atoms with Crippen LogP contribution in [-0.4, -0.2) is 74.3 Å². The number of nitrogen functional groups attached to an aromatic ring is 1. The number of esters is 1. The molecule has 2 aromatic rings. The fourth-order valence-electron chi connectivity index (χ4n) is 3.35. The summed E-state index contributed by atoms with van der Waals surface area (Å²) in [6.45, 7) is 5.60. The van der Waals surface area contributed by atoms with Crippen molar-refractivity contribution in [3.8, 4) is 0 Å². The van der Waals surface area contributed by atoms with Gasteiger partial charge in [-0.1, -0.05) is 5.09 Å². The molecule has 2 aromatic heterocycles. The molecule has 0 saturated carbocycles. The Labute approximate surface area is 190 Å². The third-order valence-corrected chi connectivity index (χ3v) is 5.99. The first kappa shape index (κ1) is 25.1. The van der Waals surface area contributed by atoms with Gasteiger partial charge in [0.05, 0.1) is 12.4 Å². The molecule has 3 heterocycles. The summed E-state index contributed by atoms with van der Waals surface area (Å²) < 4.78 is 44.9. The van der Waals surface area contributed by atoms with Gasteiger partial charge in [-0.15, -0.1) is 4.52 Å². The Kier molecular flexibility index (Phi) is 7.44. The van der Waals surface area contributed by atoms with Gasteiger partial charge < -0.3 is 25.6 Å². The van der Waals surface area contributed by atoms with Crippen LogP contribution in [0.15, 0.2) is 6.33 Å². The molecule has 0 radical (unpaired) electrons. The second-order valence-corrected chi connectivity index (χ2v) is 9.05. The molecule has 5 N–H and O–H groups in total. The van der Waals surface area contributed by atoms with Crippen LogP contribution < -0.4 is 16.1 Å². The van der Waals surface area contributed by atoms with Crippen molar-refractivity contribution in [1.29, 1.82) is 0 Å². The van der Waals surface area contributed by atoms with Crippen LogP contribution in [-0.2, 0) is 23.4 Å². The number of aliphatic hydroxyl groups excluding tert-OH is 1. The topological polar surface area (TPSA) is 176 Å². The van der Waals surface area contributed by atoms with Crippen LogP contribution >= 0.6 is 8.18 Å². The minimum atomic E-state index is -2.52. The summed E-state index contributed by atoms with van der Waals surface area (Å²) in [6.07, 6.45) is -3.12. The molecule has 0 aliphatic carbocycles. The van der Waals surface area contributed by atoms with Gasteiger partial charge in [-0.25, -0.2) is 9.37 Å². The molecular weight excluding hydrogens is 460 g/mol. The van der Waals surface area contributed by atoms with Crippen molar-refractivity contribution in [2.45, 2.75) is 63.9 Å². The number of alkyl halides is 1. The van der Waals surface area contributed by atoms with E-state index in [9.17, 15) is 14.5 Å². The Morgan fingerprint density at radius 1 is 1.45 bits per heavy atom. The monoisotopic (exact) mass is 488 g/mol. The minimum absolute atomic E-state index is 0.0548. The lowest BCUT2D eigenvalue weighted by molar-refractivity contribution is -0.149. The zero-order valence-electron chi connectivity index (χ0n) is 18.9. The number of ether oxygens (including phenoxy) is 2. The Balaban J connectivity index is 1.70. The van der Waals surface area contributed by atoms with E-state index in [1.165, 1.54) is 24.7 Å². The number of halogens is 1. The maximum Gasteiger partial charge on any atom is 0.613 e. The molecule has 6 atom stereocenters. The van der Waals surface area contributed by atoms with Gasteiger partial charge in [-0.2, -0.15) is 9.97 Å². The van der Waals surface area contributed by atoms with Crippen LogP contribution in [0.3, 0.4) is 0 Å². The molecule has 13 nitrogen and oxygen atoms in total. The average molecular weight is 488 g/mol. The third-order valence-electron chi connectivity index (χ3n) is 5.01. The Morgan fingerprint density at radius 2 is 2.15 bits per heavy atom. The van der Waals surface area contributed by atoms with Gasteiger partial charge in [0.2, 0.25) is 5.95 Å². The van der Waals surface area contributed by atoms with Crippen LogP contribution in [0.4, 0.5) is 16.2 Å². The minimum Gasteiger partial charge on any atom is -0.462 e. The fraction of sp³-hybridized carbons (Fsp3) is 0.667. The number of nitrogens with one attached hydrogen (secondary N) is 2. The molecule has 15 heteroatoms. The number of imidazole rings is 1. The van der Waals surface area contributed by atoms with Crippen LogP contribution in [0.5, 0.6) is 0 Å². The van der Waals surface area contributed by atoms with Crippen molar-refractivity contribution in [3.63, 3.8) is 0 Å². The first-order valence-corrected chi connectivity index (χ1v) is 11.4. The standard InChI is InChI=1S/C18H28FN7O6P/c1-8(2)31-15(28)9(3)25-33(29)30-6-10-12(27)18(4,19)16(32-10)26-7-22-11-13(21-5)23-17(20)24-14(11)26/h7-10,12,16,27H,6H2,1-5H3,(H,25,29)(H3,20,21,23,24)/q+1/t9-,10-,12-,16-,18-/m1/s1. The van der Waals surface area contributed by atoms with Crippen LogP contribution in [0.25, 0.3) is 11.2 Å². The average Bonchev–Trinajstić information content (AvgIpc) is 3.24. The second kappa shape index (κ2) is 9.77. The lowest BCUT2D eigenvalue weighted by Gasteiger charge is -2.24. The summed E-state index contributed by atoms with van der Waals surface area (Å²) in [5.41, 5.74) is 4.02. The van der Waals surface area contributed by atoms with Crippen LogP contribution in [0.1, 0.15) is 33.9 Å². The van der Waals surface area contributed by atoms with Gasteiger partial charge >= 0.3 is 14.1 Å². The quantitative estimate of drug-likeness (QED) is 0.292. The Hall–Kier alpha value is -2.51. The lowest BCUT2D eigenvalue weighted by atomic mass is 9.98. The van der Waals surface area contributed by atoms with E-state index in [1.807, 2.05) is 0 Å². The van der Waals surface area contributed by atoms with Gasteiger partial charge in [0, 0.05) is 7.05 Å². The van der Waals surface area contributed by atoms with Crippen LogP contribution in [0.2, 0.25) is 0 Å². The molecule has 0 amide bonds. The summed E-state index contributed by atoms with van der Waals surface area (Å²) in [4.78, 5) is 24.2. The van der Waals surface area contributed by atoms with Crippen molar-refractivity contribution < 1.29 is 32.9 Å². The molecular formula is C18H28FN7O6P+. The number of nitrogens with zero attached hydrogens (tertiary/aromatic N) is 4. The van der Waals surface area contributed by atoms with Gasteiger partial charge in [0.25, 0.3) is 0 Å². The highest BCUT2D eigenvalue weighted by Gasteiger charge is 2.56. The zero-order valence-corrected chi connectivity index (χ0v) is 19.7. The molecule has 3 rings (SSSR count). The number of nitrogens with two attached hydrogens (primary N) is 1. The van der Waals surface area contributed by atoms with E-state index >= 15 is 4.39 Å². The van der Waals surface area contributed by atoms with Crippen molar-refractivity contribution in [3.05, 3.63) is 6.33 Å². The molecule has 1 aliphatic rings. The largest absolute Gasteiger partial charge is 0.613 e. The molecule has 0 spiro atoms. The third kappa shape index (κ3) is 5.20. The molecule has 33 heavy (non-hydrogen) atoms. The predicted octanol–water partition coefficient (Wildman–Crippen LogP) is 1.04. The first-order chi connectivity index (χ1) is 15.4. The molecule has 0 aromatic carbocycles. The SMILES string of the molecule is CNc1nc(N)nc2c1ncn2[C@@H]1O[C@H](CO[P+](=O)N[C@H](C)C(=O)OC(C)C)[C@@H](O)[C@@]1(C)F. The predicted molar refractivity (Wildman–Crippen MR) is 116 cm³/mol. The number of carbonyl (C=O) groups excluding carboxylic acids is 1. The first-order valence-electron chi connectivity index (χ1n) is 10.2. The maximum atomic E-state index is 15.5. The number of hydrogen-bond acceptors (Lipinski definition) is 11. The van der Waals surface area contributed by atoms with Crippen LogP contribution in [0, 0.1) is 0 Å². The van der Waals surface area contributed by atoms with E-state index in [0.717, 1.165) is 0 Å². The van der Waals surface area contributed by atoms with E-state index in [0.29, 0.717) is 11.3 Å². The van der Waals surface area contributed by atoms with Gasteiger partial charge in [-0.3, -0.25) is 9.36 Å². The summed E-state index contributed by atoms with van der Waals surface area (Å²) >= 11 is 0. The summed E-state index contributed by atoms with van der Waals surface area (Å²) in [5.74, 6) is -0.302. The van der Waals surface area contributed by atoms with Crippen molar-refractivity contribution in [1.82, 2.24) is 24.6 Å². The Bertz CT molecular complexity index is 1040. The summed E-state index contributed by atoms with van der Waals surface area (Å²) in [6, 6.07) is -0.895. The normalized spacial score (nSPS) is 26.5.